The van der Waals surface area contributed by atoms with Gasteiger partial charge in [-0.05, 0) is 19.1 Å². The molecule has 0 aliphatic rings. The number of nitrogens with zero attached hydrogens (tertiary/aromatic N) is 3. The number of pyridine rings is 1. The lowest BCUT2D eigenvalue weighted by Gasteiger charge is -2.12. The summed E-state index contributed by atoms with van der Waals surface area (Å²) < 4.78 is 0. The van der Waals surface area contributed by atoms with Crippen LogP contribution < -0.4 is 0 Å². The minimum absolute atomic E-state index is 0.0621. The van der Waals surface area contributed by atoms with Crippen molar-refractivity contribution in [2.24, 2.45) is 4.99 Å². The van der Waals surface area contributed by atoms with Crippen LogP contribution in [0.25, 0.3) is 0 Å². The SMILES string of the molecule is Cc1cc(C(=O)N(C)C)cc(N=C(c2ccccc2)c2ccccc2)n1. The van der Waals surface area contributed by atoms with E-state index in [2.05, 4.69) is 4.98 Å². The summed E-state index contributed by atoms with van der Waals surface area (Å²) >= 11 is 0. The molecule has 0 N–H and O–H groups in total. The summed E-state index contributed by atoms with van der Waals surface area (Å²) in [4.78, 5) is 23.2. The number of aromatic nitrogens is 1. The van der Waals surface area contributed by atoms with Gasteiger partial charge in [0.15, 0.2) is 5.82 Å². The van der Waals surface area contributed by atoms with E-state index < -0.39 is 0 Å². The second-order valence-corrected chi connectivity index (χ2v) is 6.25. The van der Waals surface area contributed by atoms with Crippen molar-refractivity contribution in [2.45, 2.75) is 6.92 Å². The lowest BCUT2D eigenvalue weighted by molar-refractivity contribution is 0.0827. The molecule has 0 aliphatic heterocycles. The Kier molecular flexibility index (Phi) is 5.23. The molecule has 1 amide bonds. The van der Waals surface area contributed by atoms with Crippen LogP contribution in [0.2, 0.25) is 0 Å². The molecule has 0 saturated carbocycles. The number of rotatable bonds is 4. The Labute approximate surface area is 153 Å². The largest absolute Gasteiger partial charge is 0.345 e. The predicted molar refractivity (Wildman–Crippen MR) is 105 cm³/mol. The Bertz CT molecular complexity index is 891. The Balaban J connectivity index is 2.13. The van der Waals surface area contributed by atoms with Crippen molar-refractivity contribution in [3.63, 3.8) is 0 Å². The van der Waals surface area contributed by atoms with Crippen LogP contribution in [-0.2, 0) is 0 Å². The summed E-state index contributed by atoms with van der Waals surface area (Å²) in [5.74, 6) is 0.464. The van der Waals surface area contributed by atoms with Crippen molar-refractivity contribution in [3.8, 4) is 0 Å². The smallest absolute Gasteiger partial charge is 0.253 e. The van der Waals surface area contributed by atoms with Gasteiger partial charge in [0.2, 0.25) is 0 Å². The first-order valence-corrected chi connectivity index (χ1v) is 8.44. The maximum Gasteiger partial charge on any atom is 0.253 e. The summed E-state index contributed by atoms with van der Waals surface area (Å²) in [7, 11) is 3.47. The molecule has 0 unspecified atom stereocenters. The van der Waals surface area contributed by atoms with Crippen LogP contribution in [0.3, 0.4) is 0 Å². The molecule has 1 heterocycles. The highest BCUT2D eigenvalue weighted by molar-refractivity contribution is 6.13. The third-order valence-corrected chi connectivity index (χ3v) is 3.91. The molecule has 0 radical (unpaired) electrons. The van der Waals surface area contributed by atoms with Crippen molar-refractivity contribution >= 4 is 17.4 Å². The molecule has 0 aliphatic carbocycles. The van der Waals surface area contributed by atoms with Crippen molar-refractivity contribution < 1.29 is 4.79 Å². The topological polar surface area (TPSA) is 45.6 Å². The molecular weight excluding hydrogens is 322 g/mol. The number of carbonyl (C=O) groups is 1. The van der Waals surface area contributed by atoms with Gasteiger partial charge in [-0.25, -0.2) is 9.98 Å². The first-order valence-electron chi connectivity index (χ1n) is 8.44. The molecule has 0 fully saturated rings. The Morgan fingerprint density at radius 2 is 1.38 bits per heavy atom. The zero-order valence-electron chi connectivity index (χ0n) is 15.2. The van der Waals surface area contributed by atoms with Crippen LogP contribution in [0.1, 0.15) is 27.2 Å². The van der Waals surface area contributed by atoms with E-state index in [1.807, 2.05) is 67.6 Å². The third-order valence-electron chi connectivity index (χ3n) is 3.91. The van der Waals surface area contributed by atoms with E-state index in [0.717, 1.165) is 22.5 Å². The van der Waals surface area contributed by atoms with Gasteiger partial charge in [0.1, 0.15) is 0 Å². The molecule has 130 valence electrons. The molecule has 0 bridgehead atoms. The minimum atomic E-state index is -0.0621. The van der Waals surface area contributed by atoms with E-state index in [1.165, 1.54) is 0 Å². The highest BCUT2D eigenvalue weighted by atomic mass is 16.2. The van der Waals surface area contributed by atoms with Crippen molar-refractivity contribution in [1.29, 1.82) is 0 Å². The van der Waals surface area contributed by atoms with Crippen molar-refractivity contribution in [2.75, 3.05) is 14.1 Å². The van der Waals surface area contributed by atoms with E-state index in [-0.39, 0.29) is 5.91 Å². The molecule has 0 saturated heterocycles. The van der Waals surface area contributed by atoms with Gasteiger partial charge in [0, 0.05) is 36.5 Å². The fourth-order valence-electron chi connectivity index (χ4n) is 2.69. The second kappa shape index (κ2) is 7.74. The monoisotopic (exact) mass is 343 g/mol. The van der Waals surface area contributed by atoms with Gasteiger partial charge in [0.25, 0.3) is 5.91 Å². The lowest BCUT2D eigenvalue weighted by atomic mass is 10.0. The van der Waals surface area contributed by atoms with Crippen LogP contribution in [0.15, 0.2) is 77.8 Å². The molecule has 4 nitrogen and oxygen atoms in total. The predicted octanol–water partition coefficient (Wildman–Crippen LogP) is 4.26. The first kappa shape index (κ1) is 17.5. The van der Waals surface area contributed by atoms with E-state index in [4.69, 9.17) is 4.99 Å². The average molecular weight is 343 g/mol. The molecular formula is C22H21N3O. The summed E-state index contributed by atoms with van der Waals surface area (Å²) in [6, 6.07) is 23.5. The highest BCUT2D eigenvalue weighted by Gasteiger charge is 2.12. The fourth-order valence-corrected chi connectivity index (χ4v) is 2.69. The molecule has 4 heteroatoms. The van der Waals surface area contributed by atoms with Gasteiger partial charge in [-0.3, -0.25) is 4.79 Å². The number of carbonyl (C=O) groups excluding carboxylic acids is 1. The van der Waals surface area contributed by atoms with E-state index in [1.54, 1.807) is 31.1 Å². The van der Waals surface area contributed by atoms with Gasteiger partial charge in [-0.1, -0.05) is 60.7 Å². The normalized spacial score (nSPS) is 10.3. The van der Waals surface area contributed by atoms with Gasteiger partial charge < -0.3 is 4.90 Å². The van der Waals surface area contributed by atoms with Gasteiger partial charge in [0.05, 0.1) is 5.71 Å². The van der Waals surface area contributed by atoms with E-state index in [9.17, 15) is 4.79 Å². The van der Waals surface area contributed by atoms with Gasteiger partial charge >= 0.3 is 0 Å². The molecule has 26 heavy (non-hydrogen) atoms. The molecule has 2 aromatic carbocycles. The number of benzene rings is 2. The number of aliphatic imine (C=N–C) groups is 1. The molecule has 0 spiro atoms. The first-order chi connectivity index (χ1) is 12.5. The van der Waals surface area contributed by atoms with Crippen LogP contribution >= 0.6 is 0 Å². The number of hydrogen-bond acceptors (Lipinski definition) is 3. The number of hydrogen-bond donors (Lipinski definition) is 0. The number of aryl methyl sites for hydroxylation is 1. The minimum Gasteiger partial charge on any atom is -0.345 e. The second-order valence-electron chi connectivity index (χ2n) is 6.25. The quantitative estimate of drug-likeness (QED) is 0.665. The number of amides is 1. The highest BCUT2D eigenvalue weighted by Crippen LogP contribution is 2.19. The summed E-state index contributed by atoms with van der Waals surface area (Å²) in [5.41, 5.74) is 4.18. The Morgan fingerprint density at radius 1 is 0.846 bits per heavy atom. The third kappa shape index (κ3) is 4.03. The van der Waals surface area contributed by atoms with Crippen molar-refractivity contribution in [1.82, 2.24) is 9.88 Å². The summed E-state index contributed by atoms with van der Waals surface area (Å²) in [6.45, 7) is 1.87. The van der Waals surface area contributed by atoms with Gasteiger partial charge in [-0.15, -0.1) is 0 Å². The maximum absolute atomic E-state index is 12.3. The molecule has 3 rings (SSSR count). The van der Waals surface area contributed by atoms with Crippen LogP contribution in [0.4, 0.5) is 5.82 Å². The lowest BCUT2D eigenvalue weighted by Crippen LogP contribution is -2.21. The van der Waals surface area contributed by atoms with Crippen LogP contribution in [-0.4, -0.2) is 35.6 Å². The molecule has 0 atom stereocenters. The van der Waals surface area contributed by atoms with Crippen LogP contribution in [0, 0.1) is 6.92 Å². The molecule has 1 aromatic heterocycles. The standard InChI is InChI=1S/C22H21N3O/c1-16-14-19(22(26)25(2)3)15-20(23-16)24-21(17-10-6-4-7-11-17)18-12-8-5-9-13-18/h4-15H,1-3H3. The Morgan fingerprint density at radius 3 is 1.88 bits per heavy atom. The van der Waals surface area contributed by atoms with E-state index in [0.29, 0.717) is 11.4 Å². The van der Waals surface area contributed by atoms with Gasteiger partial charge in [-0.2, -0.15) is 0 Å². The zero-order valence-corrected chi connectivity index (χ0v) is 15.2. The van der Waals surface area contributed by atoms with Crippen molar-refractivity contribution in [3.05, 3.63) is 95.2 Å². The summed E-state index contributed by atoms with van der Waals surface area (Å²) in [6.07, 6.45) is 0. The maximum atomic E-state index is 12.3. The zero-order chi connectivity index (χ0) is 18.5. The van der Waals surface area contributed by atoms with E-state index >= 15 is 0 Å². The average Bonchev–Trinajstić information content (AvgIpc) is 2.66. The molecule has 3 aromatic rings. The van der Waals surface area contributed by atoms with Crippen LogP contribution in [0.5, 0.6) is 0 Å². The Hall–Kier alpha value is -3.27. The summed E-state index contributed by atoms with van der Waals surface area (Å²) in [5, 5.41) is 0. The fraction of sp³-hybridized carbons (Fsp3) is 0.136.